The highest BCUT2D eigenvalue weighted by Crippen LogP contribution is 2.08. The first kappa shape index (κ1) is 6.05. The molecule has 2 nitrogen and oxygen atoms in total. The third kappa shape index (κ3) is 1.20. The van der Waals surface area contributed by atoms with Gasteiger partial charge in [-0.2, -0.15) is 0 Å². The van der Waals surface area contributed by atoms with Crippen LogP contribution in [0.3, 0.4) is 0 Å². The van der Waals surface area contributed by atoms with E-state index in [1.54, 1.807) is 0 Å². The van der Waals surface area contributed by atoms with Crippen LogP contribution in [0.1, 0.15) is 6.42 Å². The van der Waals surface area contributed by atoms with Crippen LogP contribution in [0.25, 0.3) is 0 Å². The van der Waals surface area contributed by atoms with E-state index in [0.29, 0.717) is 6.10 Å². The van der Waals surface area contributed by atoms with E-state index in [4.69, 9.17) is 4.74 Å². The van der Waals surface area contributed by atoms with Gasteiger partial charge in [-0.15, -0.1) is 0 Å². The average molecular weight is 114 g/mol. The van der Waals surface area contributed by atoms with Crippen molar-refractivity contribution in [2.75, 3.05) is 20.1 Å². The SMILES string of the molecule is [CH2]OC1CCN(C)C1. The van der Waals surface area contributed by atoms with Gasteiger partial charge in [-0.1, -0.05) is 0 Å². The zero-order valence-electron chi connectivity index (χ0n) is 5.26. The van der Waals surface area contributed by atoms with Crippen LogP contribution in [-0.2, 0) is 4.74 Å². The quantitative estimate of drug-likeness (QED) is 0.492. The standard InChI is InChI=1S/C6H12NO/c1-7-4-3-6(5-7)8-2/h6H,2-5H2,1H3. The van der Waals surface area contributed by atoms with Gasteiger partial charge in [0.2, 0.25) is 0 Å². The Morgan fingerprint density at radius 3 is 2.75 bits per heavy atom. The van der Waals surface area contributed by atoms with Gasteiger partial charge in [0.25, 0.3) is 0 Å². The predicted molar refractivity (Wildman–Crippen MR) is 32.3 cm³/mol. The van der Waals surface area contributed by atoms with Crippen LogP contribution in [-0.4, -0.2) is 31.1 Å². The largest absolute Gasteiger partial charge is 0.374 e. The molecule has 0 aliphatic carbocycles. The first-order valence-electron chi connectivity index (χ1n) is 2.92. The molecule has 1 unspecified atom stereocenters. The summed E-state index contributed by atoms with van der Waals surface area (Å²) in [5.41, 5.74) is 0. The van der Waals surface area contributed by atoms with E-state index in [0.717, 1.165) is 19.5 Å². The lowest BCUT2D eigenvalue weighted by atomic mass is 10.3. The molecule has 1 aliphatic heterocycles. The maximum atomic E-state index is 4.89. The van der Waals surface area contributed by atoms with Crippen molar-refractivity contribution in [1.29, 1.82) is 0 Å². The molecule has 1 aliphatic rings. The molecule has 0 aromatic rings. The van der Waals surface area contributed by atoms with Crippen LogP contribution in [0.2, 0.25) is 0 Å². The molecular weight excluding hydrogens is 102 g/mol. The van der Waals surface area contributed by atoms with E-state index in [9.17, 15) is 0 Å². The van der Waals surface area contributed by atoms with Gasteiger partial charge in [-0.05, 0) is 13.5 Å². The molecule has 0 aromatic heterocycles. The number of ether oxygens (including phenoxy) is 1. The third-order valence-corrected chi connectivity index (χ3v) is 1.58. The van der Waals surface area contributed by atoms with Crippen molar-refractivity contribution >= 4 is 0 Å². The summed E-state index contributed by atoms with van der Waals surface area (Å²) in [6.07, 6.45) is 1.53. The zero-order chi connectivity index (χ0) is 5.98. The fourth-order valence-electron chi connectivity index (χ4n) is 1.03. The summed E-state index contributed by atoms with van der Waals surface area (Å²) in [6, 6.07) is 0. The summed E-state index contributed by atoms with van der Waals surface area (Å²) in [5.74, 6) is 0. The van der Waals surface area contributed by atoms with Gasteiger partial charge < -0.3 is 9.64 Å². The summed E-state index contributed by atoms with van der Waals surface area (Å²) in [5, 5.41) is 0. The van der Waals surface area contributed by atoms with E-state index in [-0.39, 0.29) is 0 Å². The second-order valence-corrected chi connectivity index (χ2v) is 2.34. The first-order valence-corrected chi connectivity index (χ1v) is 2.92. The smallest absolute Gasteiger partial charge is 0.0715 e. The van der Waals surface area contributed by atoms with Gasteiger partial charge in [0, 0.05) is 13.1 Å². The van der Waals surface area contributed by atoms with E-state index in [2.05, 4.69) is 19.1 Å². The number of hydrogen-bond donors (Lipinski definition) is 0. The molecule has 1 rings (SSSR count). The minimum Gasteiger partial charge on any atom is -0.374 e. The van der Waals surface area contributed by atoms with Gasteiger partial charge in [-0.25, -0.2) is 0 Å². The molecule has 1 fully saturated rings. The number of hydrogen-bond acceptors (Lipinski definition) is 2. The van der Waals surface area contributed by atoms with Crippen molar-refractivity contribution in [1.82, 2.24) is 4.90 Å². The number of likely N-dealkylation sites (N-methyl/N-ethyl adjacent to an activating group) is 1. The summed E-state index contributed by atoms with van der Waals surface area (Å²) >= 11 is 0. The molecule has 2 heteroatoms. The van der Waals surface area contributed by atoms with Gasteiger partial charge in [0.15, 0.2) is 0 Å². The van der Waals surface area contributed by atoms with Crippen molar-refractivity contribution in [3.05, 3.63) is 7.11 Å². The molecule has 0 saturated carbocycles. The molecule has 0 amide bonds. The van der Waals surface area contributed by atoms with E-state index in [1.807, 2.05) is 0 Å². The Bertz CT molecular complexity index is 74.9. The summed E-state index contributed by atoms with van der Waals surface area (Å²) in [7, 11) is 5.47. The highest BCUT2D eigenvalue weighted by atomic mass is 16.5. The van der Waals surface area contributed by atoms with Gasteiger partial charge in [0.1, 0.15) is 0 Å². The molecule has 1 heterocycles. The summed E-state index contributed by atoms with van der Waals surface area (Å²) in [6.45, 7) is 2.20. The highest BCUT2D eigenvalue weighted by molar-refractivity contribution is 4.72. The Kier molecular flexibility index (Phi) is 1.86. The van der Waals surface area contributed by atoms with Crippen LogP contribution >= 0.6 is 0 Å². The molecule has 1 radical (unpaired) electrons. The number of likely N-dealkylation sites (tertiary alicyclic amines) is 1. The van der Waals surface area contributed by atoms with Crippen LogP contribution < -0.4 is 0 Å². The Morgan fingerprint density at radius 2 is 2.50 bits per heavy atom. The lowest BCUT2D eigenvalue weighted by Crippen LogP contribution is -2.17. The third-order valence-electron chi connectivity index (χ3n) is 1.58. The van der Waals surface area contributed by atoms with E-state index < -0.39 is 0 Å². The molecule has 1 saturated heterocycles. The summed E-state index contributed by atoms with van der Waals surface area (Å²) in [4.78, 5) is 2.25. The maximum absolute atomic E-state index is 4.89. The fourth-order valence-corrected chi connectivity index (χ4v) is 1.03. The fraction of sp³-hybridized carbons (Fsp3) is 0.833. The Morgan fingerprint density at radius 1 is 1.75 bits per heavy atom. The lowest BCUT2D eigenvalue weighted by Gasteiger charge is -2.06. The molecule has 8 heavy (non-hydrogen) atoms. The molecule has 0 aromatic carbocycles. The van der Waals surface area contributed by atoms with Crippen molar-refractivity contribution in [2.24, 2.45) is 0 Å². The van der Waals surface area contributed by atoms with E-state index >= 15 is 0 Å². The van der Waals surface area contributed by atoms with Crippen LogP contribution in [0.15, 0.2) is 0 Å². The molecule has 0 N–H and O–H groups in total. The lowest BCUT2D eigenvalue weighted by molar-refractivity contribution is 0.146. The normalized spacial score (nSPS) is 31.5. The summed E-state index contributed by atoms with van der Waals surface area (Å²) < 4.78 is 4.89. The predicted octanol–water partition coefficient (Wildman–Crippen LogP) is 0.499. The highest BCUT2D eigenvalue weighted by Gasteiger charge is 2.17. The average Bonchev–Trinajstić information content (AvgIpc) is 2.14. The Balaban J connectivity index is 2.22. The van der Waals surface area contributed by atoms with Gasteiger partial charge in [-0.3, -0.25) is 0 Å². The molecule has 47 valence electrons. The van der Waals surface area contributed by atoms with Crippen LogP contribution in [0.5, 0.6) is 0 Å². The van der Waals surface area contributed by atoms with E-state index in [1.165, 1.54) is 0 Å². The Labute approximate surface area is 50.4 Å². The maximum Gasteiger partial charge on any atom is 0.0715 e. The zero-order valence-corrected chi connectivity index (χ0v) is 5.26. The Hall–Kier alpha value is -0.0800. The van der Waals surface area contributed by atoms with Crippen LogP contribution in [0, 0.1) is 7.11 Å². The molecule has 0 bridgehead atoms. The van der Waals surface area contributed by atoms with Crippen molar-refractivity contribution in [2.45, 2.75) is 12.5 Å². The van der Waals surface area contributed by atoms with Crippen molar-refractivity contribution in [3.8, 4) is 0 Å². The second kappa shape index (κ2) is 2.46. The number of nitrogens with zero attached hydrogens (tertiary/aromatic N) is 1. The molecule has 1 atom stereocenters. The molecule has 0 spiro atoms. The van der Waals surface area contributed by atoms with Crippen LogP contribution in [0.4, 0.5) is 0 Å². The van der Waals surface area contributed by atoms with Gasteiger partial charge >= 0.3 is 0 Å². The van der Waals surface area contributed by atoms with Gasteiger partial charge in [0.05, 0.1) is 13.2 Å². The van der Waals surface area contributed by atoms with Crippen molar-refractivity contribution < 1.29 is 4.74 Å². The second-order valence-electron chi connectivity index (χ2n) is 2.34. The first-order chi connectivity index (χ1) is 3.83. The minimum atomic E-state index is 0.389. The molecular formula is C6H12NO. The number of rotatable bonds is 1. The monoisotopic (exact) mass is 114 g/mol. The minimum absolute atomic E-state index is 0.389. The topological polar surface area (TPSA) is 12.5 Å². The van der Waals surface area contributed by atoms with Crippen molar-refractivity contribution in [3.63, 3.8) is 0 Å².